The van der Waals surface area contributed by atoms with Gasteiger partial charge in [0.25, 0.3) is 0 Å². The molecule has 0 fully saturated rings. The van der Waals surface area contributed by atoms with Crippen molar-refractivity contribution in [1.29, 1.82) is 0 Å². The Kier molecular flexibility index (Phi) is 10.5. The Hall–Kier alpha value is -2.37. The summed E-state index contributed by atoms with van der Waals surface area (Å²) in [6.45, 7) is 11.3. The Morgan fingerprint density at radius 1 is 1.15 bits per heavy atom. The maximum Gasteiger partial charge on any atom is 0.317 e. The van der Waals surface area contributed by atoms with E-state index in [1.165, 1.54) is 19.1 Å². The molecule has 2 N–H and O–H groups in total. The molecule has 0 unspecified atom stereocenters. The van der Waals surface area contributed by atoms with Gasteiger partial charge in [-0.2, -0.15) is 0 Å². The molecule has 0 amide bonds. The van der Waals surface area contributed by atoms with Gasteiger partial charge in [0.05, 0.1) is 6.26 Å². The van der Waals surface area contributed by atoms with Crippen LogP contribution in [0.1, 0.15) is 26.2 Å². The third-order valence-corrected chi connectivity index (χ3v) is 2.36. The molecule has 0 atom stereocenters. The standard InChI is InChI=1S/C10H14O4.C4H6O2/c1-3-10(4-2,9(13)14)7-5-6-8(11)12;1-3-6-4(2)5/h3-4H,1-2,5-7H2,(H,11,12)(H,13,14);3H,1H2,2H3. The summed E-state index contributed by atoms with van der Waals surface area (Å²) in [5.41, 5.74) is -1.20. The fraction of sp³-hybridized carbons (Fsp3) is 0.357. The number of carbonyl (C=O) groups is 3. The Bertz CT molecular complexity index is 375. The molecule has 0 bridgehead atoms. The molecule has 0 radical (unpaired) electrons. The Morgan fingerprint density at radius 2 is 1.65 bits per heavy atom. The van der Waals surface area contributed by atoms with Crippen LogP contribution in [-0.2, 0) is 19.1 Å². The van der Waals surface area contributed by atoms with Gasteiger partial charge in [-0.25, -0.2) is 0 Å². The zero-order chi connectivity index (χ0) is 16.2. The highest BCUT2D eigenvalue weighted by Gasteiger charge is 2.31. The van der Waals surface area contributed by atoms with E-state index in [1.807, 2.05) is 0 Å². The van der Waals surface area contributed by atoms with Gasteiger partial charge in [-0.15, -0.1) is 13.2 Å². The van der Waals surface area contributed by atoms with Gasteiger partial charge in [0, 0.05) is 13.3 Å². The van der Waals surface area contributed by atoms with Crippen LogP contribution in [0.3, 0.4) is 0 Å². The summed E-state index contributed by atoms with van der Waals surface area (Å²) in [5.74, 6) is -2.31. The topological polar surface area (TPSA) is 101 Å². The molecule has 6 nitrogen and oxygen atoms in total. The van der Waals surface area contributed by atoms with E-state index in [0.29, 0.717) is 6.42 Å². The van der Waals surface area contributed by atoms with Gasteiger partial charge >= 0.3 is 17.9 Å². The number of hydrogen-bond donors (Lipinski definition) is 2. The van der Waals surface area contributed by atoms with Crippen molar-refractivity contribution in [3.05, 3.63) is 38.2 Å². The maximum absolute atomic E-state index is 10.9. The van der Waals surface area contributed by atoms with Crippen molar-refractivity contribution in [3.63, 3.8) is 0 Å². The lowest BCUT2D eigenvalue weighted by Crippen LogP contribution is -2.26. The molecular formula is C14H20O6. The number of carbonyl (C=O) groups excluding carboxylic acids is 1. The number of carboxylic acid groups (broad SMARTS) is 2. The molecule has 112 valence electrons. The molecule has 0 aromatic heterocycles. The number of carboxylic acids is 2. The maximum atomic E-state index is 10.9. The lowest BCUT2D eigenvalue weighted by Gasteiger charge is -2.20. The highest BCUT2D eigenvalue weighted by atomic mass is 16.5. The van der Waals surface area contributed by atoms with Gasteiger partial charge in [-0.3, -0.25) is 14.4 Å². The zero-order valence-electron chi connectivity index (χ0n) is 11.5. The summed E-state index contributed by atoms with van der Waals surface area (Å²) in [7, 11) is 0. The first-order valence-corrected chi connectivity index (χ1v) is 5.76. The van der Waals surface area contributed by atoms with Gasteiger partial charge in [-0.05, 0) is 12.8 Å². The van der Waals surface area contributed by atoms with Crippen LogP contribution in [0.15, 0.2) is 38.2 Å². The fourth-order valence-corrected chi connectivity index (χ4v) is 1.22. The van der Waals surface area contributed by atoms with E-state index in [4.69, 9.17) is 10.2 Å². The first-order chi connectivity index (χ1) is 9.25. The lowest BCUT2D eigenvalue weighted by atomic mass is 9.83. The van der Waals surface area contributed by atoms with Gasteiger partial charge in [0.1, 0.15) is 5.41 Å². The third kappa shape index (κ3) is 8.68. The quantitative estimate of drug-likeness (QED) is 0.403. The molecule has 0 heterocycles. The van der Waals surface area contributed by atoms with E-state index < -0.39 is 17.4 Å². The number of hydrogen-bond acceptors (Lipinski definition) is 4. The predicted molar refractivity (Wildman–Crippen MR) is 73.9 cm³/mol. The van der Waals surface area contributed by atoms with Crippen LogP contribution >= 0.6 is 0 Å². The van der Waals surface area contributed by atoms with Crippen LogP contribution < -0.4 is 0 Å². The summed E-state index contributed by atoms with van der Waals surface area (Å²) in [6.07, 6.45) is 4.12. The van der Waals surface area contributed by atoms with Gasteiger partial charge in [0.2, 0.25) is 0 Å². The molecule has 0 aliphatic rings. The molecule has 0 aliphatic heterocycles. The van der Waals surface area contributed by atoms with Crippen LogP contribution in [0, 0.1) is 5.41 Å². The van der Waals surface area contributed by atoms with Crippen molar-refractivity contribution < 1.29 is 29.3 Å². The molecule has 0 rings (SSSR count). The normalized spacial score (nSPS) is 9.45. The van der Waals surface area contributed by atoms with E-state index in [2.05, 4.69) is 24.5 Å². The molecule has 0 saturated heterocycles. The fourth-order valence-electron chi connectivity index (χ4n) is 1.22. The molecule has 0 aliphatic carbocycles. The summed E-state index contributed by atoms with van der Waals surface area (Å²) < 4.78 is 4.17. The van der Waals surface area contributed by atoms with Crippen LogP contribution in [-0.4, -0.2) is 28.1 Å². The second kappa shape index (κ2) is 10.5. The van der Waals surface area contributed by atoms with Crippen molar-refractivity contribution in [3.8, 4) is 0 Å². The van der Waals surface area contributed by atoms with E-state index in [1.54, 1.807) is 0 Å². The van der Waals surface area contributed by atoms with Gasteiger partial charge < -0.3 is 14.9 Å². The van der Waals surface area contributed by atoms with Crippen molar-refractivity contribution >= 4 is 17.9 Å². The second-order valence-electron chi connectivity index (χ2n) is 3.78. The Labute approximate surface area is 118 Å². The highest BCUT2D eigenvalue weighted by molar-refractivity contribution is 5.79. The average molecular weight is 284 g/mol. The van der Waals surface area contributed by atoms with E-state index in [-0.39, 0.29) is 18.8 Å². The van der Waals surface area contributed by atoms with Crippen LogP contribution in [0.2, 0.25) is 0 Å². The van der Waals surface area contributed by atoms with Gasteiger partial charge in [-0.1, -0.05) is 18.7 Å². The molecule has 0 aromatic carbocycles. The first kappa shape index (κ1) is 20.0. The minimum absolute atomic E-state index is 0.0449. The Morgan fingerprint density at radius 3 is 1.85 bits per heavy atom. The average Bonchev–Trinajstić information content (AvgIpc) is 2.35. The minimum atomic E-state index is -1.20. The highest BCUT2D eigenvalue weighted by Crippen LogP contribution is 2.27. The van der Waals surface area contributed by atoms with Crippen molar-refractivity contribution in [1.82, 2.24) is 0 Å². The van der Waals surface area contributed by atoms with Crippen molar-refractivity contribution in [2.75, 3.05) is 0 Å². The molecule has 0 spiro atoms. The van der Waals surface area contributed by atoms with Crippen molar-refractivity contribution in [2.24, 2.45) is 5.41 Å². The summed E-state index contributed by atoms with van der Waals surface area (Å²) in [6, 6.07) is 0. The number of rotatable bonds is 8. The van der Waals surface area contributed by atoms with E-state index >= 15 is 0 Å². The zero-order valence-corrected chi connectivity index (χ0v) is 11.5. The monoisotopic (exact) mass is 284 g/mol. The van der Waals surface area contributed by atoms with Crippen LogP contribution in [0.25, 0.3) is 0 Å². The van der Waals surface area contributed by atoms with Crippen molar-refractivity contribution in [2.45, 2.75) is 26.2 Å². The molecular weight excluding hydrogens is 264 g/mol. The van der Waals surface area contributed by atoms with Crippen LogP contribution in [0.5, 0.6) is 0 Å². The third-order valence-electron chi connectivity index (χ3n) is 2.36. The summed E-state index contributed by atoms with van der Waals surface area (Å²) in [5, 5.41) is 17.3. The van der Waals surface area contributed by atoms with E-state index in [9.17, 15) is 14.4 Å². The predicted octanol–water partition coefficient (Wildman–Crippen LogP) is 2.38. The first-order valence-electron chi connectivity index (χ1n) is 5.76. The SMILES string of the molecule is C=CC(C=C)(CCCC(=O)O)C(=O)O.C=COC(C)=O. The smallest absolute Gasteiger partial charge is 0.317 e. The molecule has 20 heavy (non-hydrogen) atoms. The summed E-state index contributed by atoms with van der Waals surface area (Å²) >= 11 is 0. The van der Waals surface area contributed by atoms with Crippen LogP contribution in [0.4, 0.5) is 0 Å². The Balaban J connectivity index is 0. The minimum Gasteiger partial charge on any atom is -0.481 e. The number of ether oxygens (including phenoxy) is 1. The largest absolute Gasteiger partial charge is 0.481 e. The second-order valence-corrected chi connectivity index (χ2v) is 3.78. The molecule has 0 saturated carbocycles. The summed E-state index contributed by atoms with van der Waals surface area (Å²) in [4.78, 5) is 30.9. The van der Waals surface area contributed by atoms with E-state index in [0.717, 1.165) is 6.26 Å². The van der Waals surface area contributed by atoms with Gasteiger partial charge in [0.15, 0.2) is 0 Å². The number of aliphatic carboxylic acids is 2. The molecule has 6 heteroatoms. The lowest BCUT2D eigenvalue weighted by molar-refractivity contribution is -0.144. The number of esters is 1. The molecule has 0 aromatic rings.